The minimum atomic E-state index is -0.502. The fourth-order valence-corrected chi connectivity index (χ4v) is 0.623. The van der Waals surface area contributed by atoms with Crippen molar-refractivity contribution in [1.82, 2.24) is 0 Å². The maximum absolute atomic E-state index is 11.0. The van der Waals surface area contributed by atoms with E-state index in [4.69, 9.17) is 0 Å². The number of carbonyl (C=O) groups is 2. The molecule has 0 amide bonds. The van der Waals surface area contributed by atoms with Gasteiger partial charge >= 0.3 is 0 Å². The molecule has 0 aromatic rings. The van der Waals surface area contributed by atoms with Crippen molar-refractivity contribution >= 4 is 11.6 Å². The minimum absolute atomic E-state index is 0. The van der Waals surface area contributed by atoms with Gasteiger partial charge in [0.1, 0.15) is 6.54 Å². The molecule has 0 aliphatic carbocycles. The number of hydrogen-bond donors (Lipinski definition) is 0. The molecule has 0 radical (unpaired) electrons. The number of allylic oxidation sites excluding steroid dienone is 1. The van der Waals surface area contributed by atoms with Crippen LogP contribution in [-0.2, 0) is 9.59 Å². The maximum atomic E-state index is 11.0. The van der Waals surface area contributed by atoms with Gasteiger partial charge in [-0.3, -0.25) is 9.59 Å². The third kappa shape index (κ3) is 6.07. The zero-order chi connectivity index (χ0) is 9.07. The molecule has 4 heteroatoms. The van der Waals surface area contributed by atoms with Gasteiger partial charge < -0.3 is 16.9 Å². The molecule has 0 heterocycles. The van der Waals surface area contributed by atoms with E-state index < -0.39 is 5.78 Å². The van der Waals surface area contributed by atoms with Crippen molar-refractivity contribution in [3.63, 3.8) is 0 Å². The number of nitrogens with zero attached hydrogens (tertiary/aromatic N) is 1. The summed E-state index contributed by atoms with van der Waals surface area (Å²) in [6, 6.07) is 0. The van der Waals surface area contributed by atoms with Crippen LogP contribution in [-0.4, -0.2) is 43.7 Å². The number of likely N-dealkylation sites (N-methyl/N-ethyl adjacent to an activating group) is 1. The molecule has 0 fully saturated rings. The van der Waals surface area contributed by atoms with Crippen molar-refractivity contribution in [3.8, 4) is 0 Å². The van der Waals surface area contributed by atoms with Crippen molar-refractivity contribution in [2.45, 2.75) is 0 Å². The number of rotatable bonds is 4. The number of Topliss-reactive ketones (excluding diaryl/α,β-unsaturated/α-hetero) is 1. The molecule has 0 aromatic heterocycles. The van der Waals surface area contributed by atoms with E-state index in [1.807, 2.05) is 21.1 Å². The number of quaternary nitrogens is 1. The van der Waals surface area contributed by atoms with Crippen LogP contribution >= 0.6 is 0 Å². The van der Waals surface area contributed by atoms with Gasteiger partial charge in [0.15, 0.2) is 0 Å². The standard InChI is InChI=1S/C8H14NO2.ClH/c1-5-7(10)8(11)6-9(2,3)4;/h5H,1,6H2,2-4H3;1H/q+1;/p-1. The molecule has 0 atom stereocenters. The van der Waals surface area contributed by atoms with Crippen molar-refractivity contribution in [3.05, 3.63) is 12.7 Å². The topological polar surface area (TPSA) is 34.1 Å². The molecule has 0 saturated heterocycles. The van der Waals surface area contributed by atoms with Crippen LogP contribution in [0.25, 0.3) is 0 Å². The molecular weight excluding hydrogens is 178 g/mol. The number of hydrogen-bond acceptors (Lipinski definition) is 2. The Kier molecular flexibility index (Phi) is 5.86. The van der Waals surface area contributed by atoms with Crippen LogP contribution in [0, 0.1) is 0 Å². The van der Waals surface area contributed by atoms with Crippen LogP contribution < -0.4 is 12.4 Å². The Bertz CT molecular complexity index is 194. The lowest BCUT2D eigenvalue weighted by atomic mass is 10.2. The van der Waals surface area contributed by atoms with Gasteiger partial charge in [-0.25, -0.2) is 0 Å². The lowest BCUT2D eigenvalue weighted by Gasteiger charge is -2.21. The Hall–Kier alpha value is -0.670. The Morgan fingerprint density at radius 2 is 1.75 bits per heavy atom. The Balaban J connectivity index is 0. The minimum Gasteiger partial charge on any atom is -1.00 e. The second-order valence-corrected chi connectivity index (χ2v) is 3.44. The lowest BCUT2D eigenvalue weighted by Crippen LogP contribution is -3.00. The van der Waals surface area contributed by atoms with Gasteiger partial charge in [-0.05, 0) is 6.08 Å². The normalized spacial score (nSPS) is 9.92. The molecule has 0 saturated carbocycles. The van der Waals surface area contributed by atoms with E-state index in [9.17, 15) is 9.59 Å². The molecule has 3 nitrogen and oxygen atoms in total. The molecule has 0 aliphatic heterocycles. The fraction of sp³-hybridized carbons (Fsp3) is 0.500. The van der Waals surface area contributed by atoms with Crippen molar-refractivity contribution in [2.75, 3.05) is 27.7 Å². The Morgan fingerprint density at radius 3 is 2.00 bits per heavy atom. The first-order valence-electron chi connectivity index (χ1n) is 3.37. The van der Waals surface area contributed by atoms with E-state index in [1.165, 1.54) is 0 Å². The van der Waals surface area contributed by atoms with Crippen molar-refractivity contribution in [1.29, 1.82) is 0 Å². The fourth-order valence-electron chi connectivity index (χ4n) is 0.623. The number of ketones is 2. The third-order valence-corrected chi connectivity index (χ3v) is 1.08. The molecular formula is C8H14ClNO2. The first-order chi connectivity index (χ1) is 4.87. The third-order valence-electron chi connectivity index (χ3n) is 1.08. The lowest BCUT2D eigenvalue weighted by molar-refractivity contribution is -0.861. The molecule has 0 aliphatic rings. The van der Waals surface area contributed by atoms with Crippen LogP contribution in [0.4, 0.5) is 0 Å². The summed E-state index contributed by atoms with van der Waals surface area (Å²) in [4.78, 5) is 21.7. The first kappa shape index (κ1) is 13.9. The van der Waals surface area contributed by atoms with Crippen LogP contribution in [0.2, 0.25) is 0 Å². The number of carbonyl (C=O) groups excluding carboxylic acids is 2. The largest absolute Gasteiger partial charge is 1.00 e. The van der Waals surface area contributed by atoms with Gasteiger partial charge in [0.2, 0.25) is 5.78 Å². The van der Waals surface area contributed by atoms with E-state index in [1.54, 1.807) is 0 Å². The molecule has 0 spiro atoms. The zero-order valence-electron chi connectivity index (χ0n) is 7.63. The van der Waals surface area contributed by atoms with Crippen LogP contribution in [0.5, 0.6) is 0 Å². The average molecular weight is 192 g/mol. The highest BCUT2D eigenvalue weighted by atomic mass is 35.5. The highest BCUT2D eigenvalue weighted by molar-refractivity contribution is 6.41. The van der Waals surface area contributed by atoms with Crippen molar-refractivity contribution in [2.24, 2.45) is 0 Å². The Labute approximate surface area is 79.1 Å². The summed E-state index contributed by atoms with van der Waals surface area (Å²) < 4.78 is 0.471. The molecule has 0 aromatic carbocycles. The molecule has 0 unspecified atom stereocenters. The molecule has 0 bridgehead atoms. The average Bonchev–Trinajstić information content (AvgIpc) is 1.82. The summed E-state index contributed by atoms with van der Waals surface area (Å²) in [5.74, 6) is -0.884. The van der Waals surface area contributed by atoms with Gasteiger partial charge in [0.05, 0.1) is 21.1 Å². The Morgan fingerprint density at radius 1 is 1.33 bits per heavy atom. The quantitative estimate of drug-likeness (QED) is 0.270. The predicted molar refractivity (Wildman–Crippen MR) is 43.1 cm³/mol. The summed E-state index contributed by atoms with van der Waals surface area (Å²) in [6.45, 7) is 3.46. The number of halogens is 1. The van der Waals surface area contributed by atoms with Gasteiger partial charge in [-0.1, -0.05) is 6.58 Å². The second-order valence-electron chi connectivity index (χ2n) is 3.44. The summed E-state index contributed by atoms with van der Waals surface area (Å²) in [7, 11) is 5.57. The zero-order valence-corrected chi connectivity index (χ0v) is 8.39. The van der Waals surface area contributed by atoms with Crippen LogP contribution in [0.15, 0.2) is 12.7 Å². The highest BCUT2D eigenvalue weighted by Gasteiger charge is 2.18. The molecule has 70 valence electrons. The van der Waals surface area contributed by atoms with E-state index >= 15 is 0 Å². The molecule has 0 rings (SSSR count). The highest BCUT2D eigenvalue weighted by Crippen LogP contribution is 1.91. The van der Waals surface area contributed by atoms with Gasteiger partial charge in [0, 0.05) is 0 Å². The summed E-state index contributed by atoms with van der Waals surface area (Å²) in [5, 5.41) is 0. The van der Waals surface area contributed by atoms with Crippen molar-refractivity contribution < 1.29 is 26.5 Å². The van der Waals surface area contributed by atoms with E-state index in [-0.39, 0.29) is 24.7 Å². The summed E-state index contributed by atoms with van der Waals surface area (Å²) in [5.41, 5.74) is 0. The van der Waals surface area contributed by atoms with E-state index in [0.717, 1.165) is 6.08 Å². The van der Waals surface area contributed by atoms with Gasteiger partial charge in [0.25, 0.3) is 5.78 Å². The molecule has 12 heavy (non-hydrogen) atoms. The predicted octanol–water partition coefficient (Wildman–Crippen LogP) is -2.98. The first-order valence-corrected chi connectivity index (χ1v) is 3.37. The SMILES string of the molecule is C=CC(=O)C(=O)C[N+](C)(C)C.[Cl-]. The van der Waals surface area contributed by atoms with Crippen LogP contribution in [0.3, 0.4) is 0 Å². The summed E-state index contributed by atoms with van der Waals surface area (Å²) >= 11 is 0. The smallest absolute Gasteiger partial charge is 0.256 e. The second kappa shape index (κ2) is 5.06. The van der Waals surface area contributed by atoms with Gasteiger partial charge in [-0.15, -0.1) is 0 Å². The van der Waals surface area contributed by atoms with Crippen LogP contribution in [0.1, 0.15) is 0 Å². The van der Waals surface area contributed by atoms with E-state index in [0.29, 0.717) is 4.48 Å². The van der Waals surface area contributed by atoms with E-state index in [2.05, 4.69) is 6.58 Å². The maximum Gasteiger partial charge on any atom is 0.256 e. The molecule has 0 N–H and O–H groups in total. The van der Waals surface area contributed by atoms with Gasteiger partial charge in [-0.2, -0.15) is 0 Å². The summed E-state index contributed by atoms with van der Waals surface area (Å²) in [6.07, 6.45) is 1.05. The monoisotopic (exact) mass is 191 g/mol.